The van der Waals surface area contributed by atoms with Crippen molar-refractivity contribution in [1.29, 1.82) is 0 Å². The Morgan fingerprint density at radius 3 is 2.91 bits per heavy atom. The van der Waals surface area contributed by atoms with Gasteiger partial charge >= 0.3 is 5.97 Å². The van der Waals surface area contributed by atoms with Crippen molar-refractivity contribution in [3.05, 3.63) is 52.4 Å². The van der Waals surface area contributed by atoms with E-state index < -0.39 is 5.97 Å². The number of rotatable bonds is 5. The first-order valence-corrected chi connectivity index (χ1v) is 8.06. The lowest BCUT2D eigenvalue weighted by molar-refractivity contribution is 0.0598. The molecule has 0 radical (unpaired) electrons. The third-order valence-electron chi connectivity index (χ3n) is 4.49. The number of ether oxygens (including phenoxy) is 1. The van der Waals surface area contributed by atoms with Crippen molar-refractivity contribution in [3.63, 3.8) is 0 Å². The Bertz CT molecular complexity index is 693. The van der Waals surface area contributed by atoms with Gasteiger partial charge in [-0.1, -0.05) is 23.4 Å². The summed E-state index contributed by atoms with van der Waals surface area (Å²) in [5.41, 5.74) is 4.58. The molecule has 1 aliphatic rings. The molecule has 5 heteroatoms. The van der Waals surface area contributed by atoms with Crippen LogP contribution in [0.5, 0.6) is 0 Å². The molecule has 0 saturated carbocycles. The molecular formula is C18H22N2O3. The van der Waals surface area contributed by atoms with E-state index in [9.17, 15) is 4.79 Å². The first kappa shape index (κ1) is 15.7. The van der Waals surface area contributed by atoms with Gasteiger partial charge in [0.2, 0.25) is 0 Å². The number of nitrogens with zero attached hydrogens (tertiary/aromatic N) is 1. The smallest absolute Gasteiger partial charge is 0.343 e. The number of carbonyl (C=O) groups is 1. The maximum Gasteiger partial charge on any atom is 0.343 e. The third kappa shape index (κ3) is 3.45. The van der Waals surface area contributed by atoms with Gasteiger partial charge in [-0.25, -0.2) is 4.79 Å². The van der Waals surface area contributed by atoms with Crippen molar-refractivity contribution in [2.24, 2.45) is 0 Å². The molecule has 0 fully saturated rings. The molecule has 0 amide bonds. The van der Waals surface area contributed by atoms with Gasteiger partial charge in [-0.3, -0.25) is 0 Å². The standard InChI is InChI=1S/C18H22N2O3/c1-12(14-8-7-13-5-3-4-6-15(13)9-14)19-11-17-16(10-20-23-17)18(21)22-2/h7-10,12,19H,3-6,11H2,1-2H3/t12-/m0/s1. The van der Waals surface area contributed by atoms with E-state index in [-0.39, 0.29) is 6.04 Å². The molecule has 1 aliphatic carbocycles. The first-order chi connectivity index (χ1) is 11.2. The molecule has 1 aromatic carbocycles. The van der Waals surface area contributed by atoms with Gasteiger partial charge in [0.25, 0.3) is 0 Å². The van der Waals surface area contributed by atoms with Crippen LogP contribution in [0.3, 0.4) is 0 Å². The molecule has 23 heavy (non-hydrogen) atoms. The van der Waals surface area contributed by atoms with Crippen molar-refractivity contribution < 1.29 is 14.1 Å². The second-order valence-corrected chi connectivity index (χ2v) is 5.99. The minimum absolute atomic E-state index is 0.165. The van der Waals surface area contributed by atoms with E-state index in [0.29, 0.717) is 17.9 Å². The van der Waals surface area contributed by atoms with Crippen molar-refractivity contribution in [2.45, 2.75) is 45.2 Å². The van der Waals surface area contributed by atoms with Crippen molar-refractivity contribution in [1.82, 2.24) is 10.5 Å². The van der Waals surface area contributed by atoms with Crippen molar-refractivity contribution in [3.8, 4) is 0 Å². The summed E-state index contributed by atoms with van der Waals surface area (Å²) in [5, 5.41) is 7.07. The lowest BCUT2D eigenvalue weighted by Gasteiger charge is -2.19. The van der Waals surface area contributed by atoms with Crippen LogP contribution in [0.4, 0.5) is 0 Å². The number of methoxy groups -OCH3 is 1. The summed E-state index contributed by atoms with van der Waals surface area (Å²) in [4.78, 5) is 11.6. The maximum absolute atomic E-state index is 11.6. The summed E-state index contributed by atoms with van der Waals surface area (Å²) in [6.07, 6.45) is 6.33. The molecule has 1 heterocycles. The van der Waals surface area contributed by atoms with Gasteiger partial charge in [-0.05, 0) is 49.3 Å². The summed E-state index contributed by atoms with van der Waals surface area (Å²) in [7, 11) is 1.35. The molecule has 1 atom stereocenters. The van der Waals surface area contributed by atoms with Crippen LogP contribution in [0.1, 0.15) is 58.6 Å². The minimum Gasteiger partial charge on any atom is -0.465 e. The van der Waals surface area contributed by atoms with Crippen molar-refractivity contribution in [2.75, 3.05) is 7.11 Å². The Kier molecular flexibility index (Phi) is 4.76. The van der Waals surface area contributed by atoms with E-state index >= 15 is 0 Å². The van der Waals surface area contributed by atoms with Gasteiger partial charge in [0, 0.05) is 6.04 Å². The number of aryl methyl sites for hydroxylation is 2. The number of aromatic nitrogens is 1. The van der Waals surface area contributed by atoms with Crippen LogP contribution in [0.15, 0.2) is 28.9 Å². The summed E-state index contributed by atoms with van der Waals surface area (Å²) in [5.74, 6) is 0.0751. The van der Waals surface area contributed by atoms with Gasteiger partial charge in [-0.2, -0.15) is 0 Å². The number of esters is 1. The number of carbonyl (C=O) groups excluding carboxylic acids is 1. The van der Waals surface area contributed by atoms with Gasteiger partial charge in [-0.15, -0.1) is 0 Å². The molecule has 0 bridgehead atoms. The van der Waals surface area contributed by atoms with Crippen molar-refractivity contribution >= 4 is 5.97 Å². The Morgan fingerprint density at radius 1 is 1.35 bits per heavy atom. The predicted octanol–water partition coefficient (Wildman–Crippen LogP) is 3.19. The normalized spacial score (nSPS) is 15.0. The van der Waals surface area contributed by atoms with Crippen LogP contribution in [0.25, 0.3) is 0 Å². The fourth-order valence-electron chi connectivity index (χ4n) is 3.05. The highest BCUT2D eigenvalue weighted by molar-refractivity contribution is 5.89. The lowest BCUT2D eigenvalue weighted by atomic mass is 9.89. The fourth-order valence-corrected chi connectivity index (χ4v) is 3.05. The zero-order valence-corrected chi connectivity index (χ0v) is 13.6. The van der Waals surface area contributed by atoms with Crippen LogP contribution >= 0.6 is 0 Å². The average Bonchev–Trinajstić information content (AvgIpc) is 3.07. The maximum atomic E-state index is 11.6. The molecule has 5 nitrogen and oxygen atoms in total. The SMILES string of the molecule is COC(=O)c1cnoc1CN[C@@H](C)c1ccc2c(c1)CCCC2. The molecule has 0 spiro atoms. The highest BCUT2D eigenvalue weighted by atomic mass is 16.5. The number of hydrogen-bond donors (Lipinski definition) is 1. The molecule has 3 rings (SSSR count). The predicted molar refractivity (Wildman–Crippen MR) is 86.2 cm³/mol. The molecule has 1 aromatic heterocycles. The molecule has 0 aliphatic heterocycles. The monoisotopic (exact) mass is 314 g/mol. The zero-order chi connectivity index (χ0) is 16.2. The van der Waals surface area contributed by atoms with Crippen LogP contribution in [-0.2, 0) is 24.1 Å². The van der Waals surface area contributed by atoms with E-state index in [0.717, 1.165) is 0 Å². The van der Waals surface area contributed by atoms with Gasteiger partial charge in [0.1, 0.15) is 5.56 Å². The number of hydrogen-bond acceptors (Lipinski definition) is 5. The minimum atomic E-state index is -0.426. The summed E-state index contributed by atoms with van der Waals surface area (Å²) in [6, 6.07) is 6.89. The molecule has 0 unspecified atom stereocenters. The van der Waals surface area contributed by atoms with Crippen LogP contribution in [0, 0.1) is 0 Å². The van der Waals surface area contributed by atoms with Gasteiger partial charge < -0.3 is 14.6 Å². The first-order valence-electron chi connectivity index (χ1n) is 8.06. The van der Waals surface area contributed by atoms with Crippen LogP contribution < -0.4 is 5.32 Å². The average molecular weight is 314 g/mol. The fraction of sp³-hybridized carbons (Fsp3) is 0.444. The topological polar surface area (TPSA) is 64.4 Å². The van der Waals surface area contributed by atoms with Gasteiger partial charge in [0.15, 0.2) is 5.76 Å². The Balaban J connectivity index is 1.67. The number of nitrogens with one attached hydrogen (secondary N) is 1. The van der Waals surface area contributed by atoms with E-state index in [1.165, 1.54) is 55.7 Å². The molecule has 1 N–H and O–H groups in total. The number of benzene rings is 1. The van der Waals surface area contributed by atoms with Crippen LogP contribution in [-0.4, -0.2) is 18.2 Å². The Morgan fingerprint density at radius 2 is 2.13 bits per heavy atom. The summed E-state index contributed by atoms with van der Waals surface area (Å²) < 4.78 is 9.87. The second-order valence-electron chi connectivity index (χ2n) is 5.99. The molecule has 122 valence electrons. The summed E-state index contributed by atoms with van der Waals surface area (Å²) >= 11 is 0. The van der Waals surface area contributed by atoms with E-state index in [4.69, 9.17) is 9.26 Å². The highest BCUT2D eigenvalue weighted by Gasteiger charge is 2.18. The second kappa shape index (κ2) is 6.96. The largest absolute Gasteiger partial charge is 0.465 e. The molecule has 2 aromatic rings. The van der Waals surface area contributed by atoms with Crippen LogP contribution in [0.2, 0.25) is 0 Å². The van der Waals surface area contributed by atoms with E-state index in [2.05, 4.69) is 35.6 Å². The lowest BCUT2D eigenvalue weighted by Crippen LogP contribution is -2.20. The Hall–Kier alpha value is -2.14. The zero-order valence-electron chi connectivity index (χ0n) is 13.6. The third-order valence-corrected chi connectivity index (χ3v) is 4.49. The Labute approximate surface area is 136 Å². The van der Waals surface area contributed by atoms with E-state index in [1.54, 1.807) is 0 Å². The molecule has 0 saturated heterocycles. The van der Waals surface area contributed by atoms with Gasteiger partial charge in [0.05, 0.1) is 19.9 Å². The van der Waals surface area contributed by atoms with E-state index in [1.807, 2.05) is 0 Å². The summed E-state index contributed by atoms with van der Waals surface area (Å²) in [6.45, 7) is 2.54. The number of fused-ring (bicyclic) bond motifs is 1. The highest BCUT2D eigenvalue weighted by Crippen LogP contribution is 2.25. The molecular weight excluding hydrogens is 292 g/mol. The quantitative estimate of drug-likeness (QED) is 0.859.